The highest BCUT2D eigenvalue weighted by molar-refractivity contribution is 5.68. The van der Waals surface area contributed by atoms with Gasteiger partial charge in [-0.15, -0.1) is 0 Å². The summed E-state index contributed by atoms with van der Waals surface area (Å²) in [7, 11) is 1.26. The van der Waals surface area contributed by atoms with Crippen molar-refractivity contribution >= 4 is 11.9 Å². The molecule has 0 bridgehead atoms. The molecule has 0 unspecified atom stereocenters. The van der Waals surface area contributed by atoms with E-state index in [0.29, 0.717) is 5.56 Å². The first kappa shape index (κ1) is 22.8. The molecule has 2 heterocycles. The Balaban J connectivity index is 1.76. The Kier molecular flexibility index (Phi) is 7.07. The van der Waals surface area contributed by atoms with E-state index in [-0.39, 0.29) is 37.0 Å². The molecule has 32 heavy (non-hydrogen) atoms. The van der Waals surface area contributed by atoms with Crippen molar-refractivity contribution < 1.29 is 32.5 Å². The van der Waals surface area contributed by atoms with Gasteiger partial charge in [-0.3, -0.25) is 9.48 Å². The average molecular weight is 452 g/mol. The number of nitrogens with zero attached hydrogens (tertiary/aromatic N) is 5. The van der Waals surface area contributed by atoms with Gasteiger partial charge >= 0.3 is 18.2 Å². The van der Waals surface area contributed by atoms with Crippen LogP contribution in [0.3, 0.4) is 0 Å². The lowest BCUT2D eigenvalue weighted by molar-refractivity contribution is -0.154. The topological polar surface area (TPSA) is 124 Å². The SMILES string of the molecule is COC(=O)Cn1cc(Cc2nc(NCc3ccc(O)cc3)nc(OCC(F)(F)F)n2)cn1. The molecule has 170 valence electrons. The Bertz CT molecular complexity index is 1060. The number of phenolic OH excluding ortho intramolecular Hbond substituents is 1. The number of alkyl halides is 3. The fourth-order valence-corrected chi connectivity index (χ4v) is 2.53. The Hall–Kier alpha value is -3.90. The first-order chi connectivity index (χ1) is 15.2. The second-order valence-corrected chi connectivity index (χ2v) is 6.58. The van der Waals surface area contributed by atoms with Gasteiger partial charge in [0.15, 0.2) is 6.61 Å². The minimum atomic E-state index is -4.55. The number of hydrogen-bond acceptors (Lipinski definition) is 9. The van der Waals surface area contributed by atoms with E-state index in [4.69, 9.17) is 0 Å². The molecular formula is C19H19F3N6O4. The van der Waals surface area contributed by atoms with Crippen LogP contribution in [-0.4, -0.2) is 55.7 Å². The normalized spacial score (nSPS) is 11.2. The fourth-order valence-electron chi connectivity index (χ4n) is 2.53. The Morgan fingerprint density at radius 2 is 1.91 bits per heavy atom. The summed E-state index contributed by atoms with van der Waals surface area (Å²) < 4.78 is 48.3. The van der Waals surface area contributed by atoms with E-state index in [1.54, 1.807) is 18.3 Å². The summed E-state index contributed by atoms with van der Waals surface area (Å²) in [6.07, 6.45) is -1.39. The fraction of sp³-hybridized carbons (Fsp3) is 0.316. The monoisotopic (exact) mass is 452 g/mol. The number of halogens is 3. The maximum absolute atomic E-state index is 12.5. The van der Waals surface area contributed by atoms with Crippen molar-refractivity contribution in [3.63, 3.8) is 0 Å². The molecule has 2 aromatic heterocycles. The van der Waals surface area contributed by atoms with Gasteiger partial charge in [0.05, 0.1) is 13.3 Å². The molecule has 0 saturated heterocycles. The summed E-state index contributed by atoms with van der Waals surface area (Å²) in [5.74, 6) is -0.222. The highest BCUT2D eigenvalue weighted by atomic mass is 19.4. The predicted molar refractivity (Wildman–Crippen MR) is 104 cm³/mol. The van der Waals surface area contributed by atoms with Gasteiger partial charge in [0.1, 0.15) is 18.1 Å². The van der Waals surface area contributed by atoms with Gasteiger partial charge in [0.25, 0.3) is 0 Å². The number of esters is 1. The summed E-state index contributed by atoms with van der Waals surface area (Å²) in [6.45, 7) is -1.39. The third-order valence-corrected chi connectivity index (χ3v) is 3.98. The van der Waals surface area contributed by atoms with Crippen LogP contribution < -0.4 is 10.1 Å². The second kappa shape index (κ2) is 9.94. The third kappa shape index (κ3) is 7.11. The summed E-state index contributed by atoms with van der Waals surface area (Å²) in [4.78, 5) is 23.4. The molecule has 13 heteroatoms. The largest absolute Gasteiger partial charge is 0.508 e. The van der Waals surface area contributed by atoms with E-state index in [2.05, 4.69) is 34.8 Å². The Morgan fingerprint density at radius 1 is 1.16 bits per heavy atom. The first-order valence-corrected chi connectivity index (χ1v) is 9.24. The number of aromatic hydroxyl groups is 1. The standard InChI is InChI=1S/C19H19F3N6O4/c1-31-16(30)10-28-9-13(8-24-28)6-15-25-17(23-7-12-2-4-14(29)5-3-12)27-18(26-15)32-11-19(20,21)22/h2-5,8-9,29H,6-7,10-11H2,1H3,(H,23,25,26,27). The molecule has 0 radical (unpaired) electrons. The number of aromatic nitrogens is 5. The minimum absolute atomic E-state index is 0.0159. The molecule has 0 spiro atoms. The molecule has 0 amide bonds. The highest BCUT2D eigenvalue weighted by Gasteiger charge is 2.29. The van der Waals surface area contributed by atoms with Crippen LogP contribution in [0.2, 0.25) is 0 Å². The first-order valence-electron chi connectivity index (χ1n) is 9.24. The van der Waals surface area contributed by atoms with E-state index in [1.807, 2.05) is 0 Å². The van der Waals surface area contributed by atoms with Crippen molar-refractivity contribution in [1.29, 1.82) is 0 Å². The summed E-state index contributed by atoms with van der Waals surface area (Å²) >= 11 is 0. The molecule has 0 aliphatic rings. The van der Waals surface area contributed by atoms with E-state index < -0.39 is 24.8 Å². The van der Waals surface area contributed by atoms with Crippen LogP contribution in [0.15, 0.2) is 36.7 Å². The third-order valence-electron chi connectivity index (χ3n) is 3.98. The Morgan fingerprint density at radius 3 is 2.59 bits per heavy atom. The molecule has 2 N–H and O–H groups in total. The van der Waals surface area contributed by atoms with Gasteiger partial charge in [0, 0.05) is 19.2 Å². The smallest absolute Gasteiger partial charge is 0.422 e. The number of carbonyl (C=O) groups excluding carboxylic acids is 1. The van der Waals surface area contributed by atoms with Gasteiger partial charge in [-0.25, -0.2) is 0 Å². The van der Waals surface area contributed by atoms with Gasteiger partial charge in [0.2, 0.25) is 5.95 Å². The number of methoxy groups -OCH3 is 1. The van der Waals surface area contributed by atoms with Crippen molar-refractivity contribution in [2.75, 3.05) is 19.0 Å². The maximum atomic E-state index is 12.5. The molecule has 0 fully saturated rings. The van der Waals surface area contributed by atoms with Crippen LogP contribution in [0.25, 0.3) is 0 Å². The number of ether oxygens (including phenoxy) is 2. The van der Waals surface area contributed by atoms with Gasteiger partial charge in [-0.05, 0) is 23.3 Å². The van der Waals surface area contributed by atoms with Crippen LogP contribution in [0.1, 0.15) is 17.0 Å². The molecule has 0 aliphatic carbocycles. The van der Waals surface area contributed by atoms with Crippen LogP contribution in [0.5, 0.6) is 11.8 Å². The Labute approximate surface area is 180 Å². The summed E-state index contributed by atoms with van der Waals surface area (Å²) in [6, 6.07) is 5.85. The molecule has 3 rings (SSSR count). The maximum Gasteiger partial charge on any atom is 0.422 e. The highest BCUT2D eigenvalue weighted by Crippen LogP contribution is 2.18. The van der Waals surface area contributed by atoms with Crippen molar-refractivity contribution in [2.45, 2.75) is 25.7 Å². The quantitative estimate of drug-likeness (QED) is 0.470. The number of hydrogen-bond donors (Lipinski definition) is 2. The number of anilines is 1. The van der Waals surface area contributed by atoms with E-state index in [9.17, 15) is 23.1 Å². The minimum Gasteiger partial charge on any atom is -0.508 e. The molecule has 10 nitrogen and oxygen atoms in total. The molecule has 0 aliphatic heterocycles. The lowest BCUT2D eigenvalue weighted by Crippen LogP contribution is -2.21. The molecule has 0 atom stereocenters. The van der Waals surface area contributed by atoms with E-state index in [0.717, 1.165) is 5.56 Å². The van der Waals surface area contributed by atoms with E-state index >= 15 is 0 Å². The van der Waals surface area contributed by atoms with Crippen LogP contribution in [-0.2, 0) is 29.0 Å². The zero-order valence-corrected chi connectivity index (χ0v) is 16.8. The van der Waals surface area contributed by atoms with Gasteiger partial charge in [-0.2, -0.15) is 33.2 Å². The van der Waals surface area contributed by atoms with Crippen LogP contribution in [0, 0.1) is 0 Å². The van der Waals surface area contributed by atoms with Crippen molar-refractivity contribution in [1.82, 2.24) is 24.7 Å². The van der Waals surface area contributed by atoms with Crippen LogP contribution in [0.4, 0.5) is 19.1 Å². The second-order valence-electron chi connectivity index (χ2n) is 6.58. The van der Waals surface area contributed by atoms with Gasteiger partial charge < -0.3 is 19.9 Å². The number of carbonyl (C=O) groups is 1. The van der Waals surface area contributed by atoms with Crippen molar-refractivity contribution in [3.05, 3.63) is 53.6 Å². The summed E-state index contributed by atoms with van der Waals surface area (Å²) in [5, 5.41) is 16.3. The van der Waals surface area contributed by atoms with Crippen molar-refractivity contribution in [2.24, 2.45) is 0 Å². The molecule has 3 aromatic rings. The zero-order valence-electron chi connectivity index (χ0n) is 16.8. The van der Waals surface area contributed by atoms with Crippen molar-refractivity contribution in [3.8, 4) is 11.8 Å². The number of phenols is 1. The lowest BCUT2D eigenvalue weighted by atomic mass is 10.2. The van der Waals surface area contributed by atoms with E-state index in [1.165, 1.54) is 30.1 Å². The molecular weight excluding hydrogens is 433 g/mol. The number of nitrogens with one attached hydrogen (secondary N) is 1. The van der Waals surface area contributed by atoms with Crippen LogP contribution >= 0.6 is 0 Å². The number of rotatable bonds is 9. The predicted octanol–water partition coefficient (Wildman–Crippen LogP) is 2.09. The zero-order chi connectivity index (χ0) is 23.1. The average Bonchev–Trinajstić information content (AvgIpc) is 3.17. The summed E-state index contributed by atoms with van der Waals surface area (Å²) in [5.41, 5.74) is 1.40. The molecule has 0 saturated carbocycles. The lowest BCUT2D eigenvalue weighted by Gasteiger charge is -2.11. The van der Waals surface area contributed by atoms with Gasteiger partial charge in [-0.1, -0.05) is 12.1 Å². The molecule has 1 aromatic carbocycles. The number of benzene rings is 1.